The number of aryl methyl sites for hydroxylation is 1. The minimum Gasteiger partial charge on any atom is -0.350 e. The number of nitro groups is 2. The monoisotopic (exact) mass is 345 g/mol. The van der Waals surface area contributed by atoms with E-state index >= 15 is 0 Å². The number of hydrogen-bond donors (Lipinski definition) is 1. The third kappa shape index (κ3) is 3.18. The molecule has 0 atom stereocenters. The predicted octanol–water partition coefficient (Wildman–Crippen LogP) is 1.50. The van der Waals surface area contributed by atoms with Crippen molar-refractivity contribution in [3.63, 3.8) is 0 Å². The van der Waals surface area contributed by atoms with Gasteiger partial charge in [-0.1, -0.05) is 6.07 Å². The fourth-order valence-corrected chi connectivity index (χ4v) is 2.99. The van der Waals surface area contributed by atoms with E-state index in [0.29, 0.717) is 31.8 Å². The molecule has 0 spiro atoms. The minimum atomic E-state index is -0.787. The van der Waals surface area contributed by atoms with Gasteiger partial charge in [0.15, 0.2) is 0 Å². The molecule has 0 saturated carbocycles. The van der Waals surface area contributed by atoms with Crippen molar-refractivity contribution in [1.29, 1.82) is 0 Å². The molecule has 0 unspecified atom stereocenters. The molecule has 0 fully saturated rings. The molecular formula is C15H15N5O5. The lowest BCUT2D eigenvalue weighted by molar-refractivity contribution is -0.385. The highest BCUT2D eigenvalue weighted by molar-refractivity contribution is 5.57. The van der Waals surface area contributed by atoms with Crippen LogP contribution in [-0.2, 0) is 12.8 Å². The highest BCUT2D eigenvalue weighted by Crippen LogP contribution is 2.27. The summed E-state index contributed by atoms with van der Waals surface area (Å²) in [6.07, 6.45) is 1.03. The molecule has 10 nitrogen and oxygen atoms in total. The zero-order valence-electron chi connectivity index (χ0n) is 13.4. The Morgan fingerprint density at radius 2 is 1.80 bits per heavy atom. The highest BCUT2D eigenvalue weighted by atomic mass is 16.6. The van der Waals surface area contributed by atoms with Gasteiger partial charge in [-0.15, -0.1) is 0 Å². The van der Waals surface area contributed by atoms with Crippen LogP contribution in [0.5, 0.6) is 0 Å². The molecule has 1 aliphatic heterocycles. The van der Waals surface area contributed by atoms with Crippen LogP contribution in [0.25, 0.3) is 0 Å². The average Bonchev–Trinajstić information content (AvgIpc) is 2.75. The van der Waals surface area contributed by atoms with Crippen molar-refractivity contribution < 1.29 is 9.85 Å². The molecular weight excluding hydrogens is 330 g/mol. The number of nitrogens with zero attached hydrogens (tertiary/aromatic N) is 4. The van der Waals surface area contributed by atoms with Crippen molar-refractivity contribution in [2.45, 2.75) is 19.8 Å². The van der Waals surface area contributed by atoms with Gasteiger partial charge in [-0.05, 0) is 30.9 Å². The van der Waals surface area contributed by atoms with E-state index in [1.54, 1.807) is 17.9 Å². The van der Waals surface area contributed by atoms with E-state index in [0.717, 1.165) is 11.1 Å². The van der Waals surface area contributed by atoms with Gasteiger partial charge in [0.05, 0.1) is 9.85 Å². The van der Waals surface area contributed by atoms with Crippen LogP contribution in [0.4, 0.5) is 17.2 Å². The highest BCUT2D eigenvalue weighted by Gasteiger charge is 2.28. The van der Waals surface area contributed by atoms with Crippen LogP contribution in [0.1, 0.15) is 17.0 Å². The number of benzene rings is 1. The number of aromatic amines is 1. The van der Waals surface area contributed by atoms with E-state index in [1.807, 2.05) is 0 Å². The Bertz CT molecular complexity index is 923. The number of fused-ring (bicyclic) bond motifs is 1. The second kappa shape index (κ2) is 6.30. The van der Waals surface area contributed by atoms with Gasteiger partial charge >= 0.3 is 11.2 Å². The molecule has 2 heterocycles. The topological polar surface area (TPSA) is 135 Å². The SMILES string of the molecule is Cc1nc(N2CCc3ccc([N+](=O)[O-])cc3CC2)c([N+](=O)[O-])c(=O)[nH]1. The third-order valence-corrected chi connectivity index (χ3v) is 4.18. The molecule has 130 valence electrons. The van der Waals surface area contributed by atoms with Crippen molar-refractivity contribution in [2.75, 3.05) is 18.0 Å². The maximum absolute atomic E-state index is 11.9. The van der Waals surface area contributed by atoms with Gasteiger partial charge in [-0.2, -0.15) is 0 Å². The summed E-state index contributed by atoms with van der Waals surface area (Å²) in [7, 11) is 0. The van der Waals surface area contributed by atoms with E-state index in [1.165, 1.54) is 12.1 Å². The molecule has 1 aromatic carbocycles. The molecule has 3 rings (SSSR count). The number of hydrogen-bond acceptors (Lipinski definition) is 7. The Kier molecular flexibility index (Phi) is 4.17. The van der Waals surface area contributed by atoms with E-state index in [9.17, 15) is 25.0 Å². The van der Waals surface area contributed by atoms with Gasteiger partial charge in [0.1, 0.15) is 5.82 Å². The molecule has 2 aromatic rings. The first-order chi connectivity index (χ1) is 11.9. The predicted molar refractivity (Wildman–Crippen MR) is 89.0 cm³/mol. The molecule has 1 N–H and O–H groups in total. The molecule has 25 heavy (non-hydrogen) atoms. The van der Waals surface area contributed by atoms with Crippen molar-refractivity contribution in [2.24, 2.45) is 0 Å². The first-order valence-corrected chi connectivity index (χ1v) is 7.63. The second-order valence-electron chi connectivity index (χ2n) is 5.78. The van der Waals surface area contributed by atoms with E-state index in [4.69, 9.17) is 0 Å². The van der Waals surface area contributed by atoms with Gasteiger partial charge in [0.2, 0.25) is 5.82 Å². The number of rotatable bonds is 3. The molecule has 0 radical (unpaired) electrons. The van der Waals surface area contributed by atoms with E-state index in [-0.39, 0.29) is 11.5 Å². The lowest BCUT2D eigenvalue weighted by Crippen LogP contribution is -2.30. The molecule has 1 aliphatic rings. The van der Waals surface area contributed by atoms with Crippen LogP contribution in [0, 0.1) is 27.2 Å². The zero-order chi connectivity index (χ0) is 18.1. The lowest BCUT2D eigenvalue weighted by atomic mass is 10.0. The summed E-state index contributed by atoms with van der Waals surface area (Å²) in [6, 6.07) is 4.69. The van der Waals surface area contributed by atoms with E-state index in [2.05, 4.69) is 9.97 Å². The maximum Gasteiger partial charge on any atom is 0.375 e. The van der Waals surface area contributed by atoms with Crippen LogP contribution in [0.15, 0.2) is 23.0 Å². The largest absolute Gasteiger partial charge is 0.375 e. The summed E-state index contributed by atoms with van der Waals surface area (Å²) < 4.78 is 0. The van der Waals surface area contributed by atoms with Crippen LogP contribution < -0.4 is 10.5 Å². The summed E-state index contributed by atoms with van der Waals surface area (Å²) in [6.45, 7) is 2.37. The van der Waals surface area contributed by atoms with Gasteiger partial charge < -0.3 is 9.88 Å². The molecule has 0 aliphatic carbocycles. The Morgan fingerprint density at radius 3 is 2.44 bits per heavy atom. The van der Waals surface area contributed by atoms with Gasteiger partial charge in [-0.3, -0.25) is 25.0 Å². The Balaban J connectivity index is 1.96. The van der Waals surface area contributed by atoms with Crippen molar-refractivity contribution in [3.8, 4) is 0 Å². The number of H-pyrrole nitrogens is 1. The smallest absolute Gasteiger partial charge is 0.350 e. The van der Waals surface area contributed by atoms with Crippen LogP contribution in [0.3, 0.4) is 0 Å². The van der Waals surface area contributed by atoms with Crippen molar-refractivity contribution in [3.05, 3.63) is 65.7 Å². The first kappa shape index (κ1) is 16.6. The van der Waals surface area contributed by atoms with Crippen LogP contribution >= 0.6 is 0 Å². The Labute approximate surface area is 141 Å². The third-order valence-electron chi connectivity index (χ3n) is 4.18. The Morgan fingerprint density at radius 1 is 1.12 bits per heavy atom. The average molecular weight is 345 g/mol. The summed E-state index contributed by atoms with van der Waals surface area (Å²) >= 11 is 0. The quantitative estimate of drug-likeness (QED) is 0.657. The van der Waals surface area contributed by atoms with Gasteiger partial charge in [0.25, 0.3) is 5.69 Å². The second-order valence-corrected chi connectivity index (χ2v) is 5.78. The van der Waals surface area contributed by atoms with Crippen LogP contribution in [0.2, 0.25) is 0 Å². The minimum absolute atomic E-state index is 0.0169. The number of anilines is 1. The standard InChI is InChI=1S/C15H15N5O5/c1-9-16-14(13(20(24)25)15(21)17-9)18-6-4-10-2-3-12(19(22)23)8-11(10)5-7-18/h2-3,8H,4-7H2,1H3,(H,16,17,21). The summed E-state index contributed by atoms with van der Waals surface area (Å²) in [5.74, 6) is 0.330. The van der Waals surface area contributed by atoms with Crippen molar-refractivity contribution >= 4 is 17.2 Å². The van der Waals surface area contributed by atoms with Gasteiger partial charge in [-0.25, -0.2) is 4.98 Å². The number of nitro benzene ring substituents is 1. The number of aromatic nitrogens is 2. The fraction of sp³-hybridized carbons (Fsp3) is 0.333. The summed E-state index contributed by atoms with van der Waals surface area (Å²) in [5, 5.41) is 22.2. The van der Waals surface area contributed by atoms with Crippen molar-refractivity contribution in [1.82, 2.24) is 9.97 Å². The van der Waals surface area contributed by atoms with Gasteiger partial charge in [0, 0.05) is 25.2 Å². The lowest BCUT2D eigenvalue weighted by Gasteiger charge is -2.20. The normalized spacial score (nSPS) is 13.9. The molecule has 1 aromatic heterocycles. The number of nitrogens with one attached hydrogen (secondary N) is 1. The maximum atomic E-state index is 11.9. The Hall–Kier alpha value is -3.30. The van der Waals surface area contributed by atoms with E-state index < -0.39 is 21.1 Å². The summed E-state index contributed by atoms with van der Waals surface area (Å²) in [4.78, 5) is 41.1. The number of non-ortho nitro benzene ring substituents is 1. The fourth-order valence-electron chi connectivity index (χ4n) is 2.99. The molecule has 0 amide bonds. The molecule has 0 saturated heterocycles. The zero-order valence-corrected chi connectivity index (χ0v) is 13.4. The summed E-state index contributed by atoms with van der Waals surface area (Å²) in [5.41, 5.74) is 0.439. The molecule has 10 heteroatoms. The molecule has 0 bridgehead atoms. The first-order valence-electron chi connectivity index (χ1n) is 7.63. The van der Waals surface area contributed by atoms with Crippen LogP contribution in [-0.4, -0.2) is 32.9 Å².